The number of ether oxygens (including phenoxy) is 1. The number of benzene rings is 1. The van der Waals surface area contributed by atoms with Crippen LogP contribution in [0.3, 0.4) is 0 Å². The molecular formula is C25H20N2O5S2. The average molecular weight is 493 g/mol. The Kier molecular flexibility index (Phi) is 5.63. The summed E-state index contributed by atoms with van der Waals surface area (Å²) in [6, 6.07) is 13.4. The number of carboxylic acids is 1. The van der Waals surface area contributed by atoms with Crippen LogP contribution in [0.2, 0.25) is 0 Å². The number of amides is 1. The number of rotatable bonds is 5. The fourth-order valence-corrected chi connectivity index (χ4v) is 5.71. The molecule has 4 aromatic rings. The molecule has 0 unspecified atom stereocenters. The second-order valence-electron chi connectivity index (χ2n) is 8.14. The molecule has 3 heterocycles. The van der Waals surface area contributed by atoms with Gasteiger partial charge in [0, 0.05) is 9.40 Å². The van der Waals surface area contributed by atoms with Gasteiger partial charge in [0.15, 0.2) is 0 Å². The molecule has 1 saturated carbocycles. The maximum Gasteiger partial charge on any atom is 0.412 e. The van der Waals surface area contributed by atoms with Gasteiger partial charge in [-0.2, -0.15) is 0 Å². The Hall–Kier alpha value is -3.61. The van der Waals surface area contributed by atoms with E-state index in [1.807, 2.05) is 49.4 Å². The number of aliphatic carboxylic acids is 1. The molecule has 0 bridgehead atoms. The summed E-state index contributed by atoms with van der Waals surface area (Å²) in [6.07, 6.45) is 0.207. The Labute approximate surface area is 203 Å². The maximum atomic E-state index is 12.5. The van der Waals surface area contributed by atoms with Crippen molar-refractivity contribution >= 4 is 49.8 Å². The minimum atomic E-state index is -0.868. The summed E-state index contributed by atoms with van der Waals surface area (Å²) in [5.41, 5.74) is 1.04. The zero-order valence-corrected chi connectivity index (χ0v) is 20.0. The molecule has 7 nitrogen and oxygen atoms in total. The van der Waals surface area contributed by atoms with Crippen molar-refractivity contribution in [2.24, 2.45) is 5.41 Å². The van der Waals surface area contributed by atoms with Gasteiger partial charge in [-0.25, -0.2) is 4.79 Å². The third-order valence-corrected chi connectivity index (χ3v) is 7.87. The molecular weight excluding hydrogens is 472 g/mol. The number of hydrogen-bond donors (Lipinski definition) is 2. The molecule has 2 N–H and O–H groups in total. The molecule has 9 heteroatoms. The van der Waals surface area contributed by atoms with E-state index in [0.29, 0.717) is 30.0 Å². The van der Waals surface area contributed by atoms with E-state index in [9.17, 15) is 14.7 Å². The van der Waals surface area contributed by atoms with Crippen LogP contribution < -0.4 is 5.32 Å². The smallest absolute Gasteiger partial charge is 0.412 e. The quantitative estimate of drug-likeness (QED) is 0.310. The lowest BCUT2D eigenvalue weighted by atomic mass is 10.1. The lowest BCUT2D eigenvalue weighted by molar-refractivity contribution is -0.141. The van der Waals surface area contributed by atoms with Gasteiger partial charge < -0.3 is 14.4 Å². The van der Waals surface area contributed by atoms with Crippen molar-refractivity contribution in [1.29, 1.82) is 0 Å². The summed E-state index contributed by atoms with van der Waals surface area (Å²) in [5, 5.41) is 16.1. The first kappa shape index (κ1) is 22.2. The third-order valence-electron chi connectivity index (χ3n) is 5.66. The SMILES string of the molecule is Cc1noc(-c2cc3sc(C#CC4(C(=O)O)CC4)cc3s2)c1NC(=O)O[C@H](C)c1ccccc1. The van der Waals surface area contributed by atoms with Gasteiger partial charge >= 0.3 is 12.1 Å². The summed E-state index contributed by atoms with van der Waals surface area (Å²) in [7, 11) is 0. The predicted molar refractivity (Wildman–Crippen MR) is 131 cm³/mol. The van der Waals surface area contributed by atoms with Gasteiger partial charge in [0.05, 0.1) is 9.75 Å². The second kappa shape index (κ2) is 8.63. The van der Waals surface area contributed by atoms with Gasteiger partial charge in [-0.15, -0.1) is 22.7 Å². The Balaban J connectivity index is 1.33. The van der Waals surface area contributed by atoms with Crippen molar-refractivity contribution in [3.63, 3.8) is 0 Å². The van der Waals surface area contributed by atoms with Crippen molar-refractivity contribution < 1.29 is 24.0 Å². The van der Waals surface area contributed by atoms with E-state index < -0.39 is 23.6 Å². The minimum Gasteiger partial charge on any atom is -0.480 e. The number of aryl methyl sites for hydroxylation is 1. The highest BCUT2D eigenvalue weighted by atomic mass is 32.1. The molecule has 1 aliphatic carbocycles. The number of fused-ring (bicyclic) bond motifs is 1. The van der Waals surface area contributed by atoms with Crippen molar-refractivity contribution in [2.75, 3.05) is 5.32 Å². The molecule has 3 aromatic heterocycles. The van der Waals surface area contributed by atoms with Gasteiger partial charge in [-0.05, 0) is 44.4 Å². The molecule has 5 rings (SSSR count). The molecule has 1 amide bonds. The van der Waals surface area contributed by atoms with Gasteiger partial charge in [0.1, 0.15) is 22.9 Å². The number of anilines is 1. The number of nitrogens with zero attached hydrogens (tertiary/aromatic N) is 1. The van der Waals surface area contributed by atoms with Crippen LogP contribution in [-0.4, -0.2) is 22.3 Å². The van der Waals surface area contributed by atoms with E-state index in [1.165, 1.54) is 22.7 Å². The number of carbonyl (C=O) groups excluding carboxylic acids is 1. The first-order valence-corrected chi connectivity index (χ1v) is 12.3. The van der Waals surface area contributed by atoms with E-state index in [0.717, 1.165) is 24.7 Å². The lowest BCUT2D eigenvalue weighted by Crippen LogP contribution is -2.16. The number of aromatic nitrogens is 1. The molecule has 0 spiro atoms. The maximum absolute atomic E-state index is 12.5. The number of carbonyl (C=O) groups is 2. The van der Waals surface area contributed by atoms with Crippen LogP contribution in [0.1, 0.15) is 42.0 Å². The second-order valence-corrected chi connectivity index (χ2v) is 10.3. The van der Waals surface area contributed by atoms with Crippen LogP contribution >= 0.6 is 22.7 Å². The molecule has 34 heavy (non-hydrogen) atoms. The van der Waals surface area contributed by atoms with Crippen LogP contribution in [-0.2, 0) is 9.53 Å². The summed E-state index contributed by atoms with van der Waals surface area (Å²) >= 11 is 2.99. The number of carboxylic acid groups (broad SMARTS) is 1. The van der Waals surface area contributed by atoms with Gasteiger partial charge in [0.25, 0.3) is 0 Å². The monoisotopic (exact) mass is 492 g/mol. The minimum absolute atomic E-state index is 0.410. The van der Waals surface area contributed by atoms with Crippen LogP contribution in [0.25, 0.3) is 20.0 Å². The lowest BCUT2D eigenvalue weighted by Gasteiger charge is -2.14. The van der Waals surface area contributed by atoms with Crippen molar-refractivity contribution in [1.82, 2.24) is 5.16 Å². The summed E-state index contributed by atoms with van der Waals surface area (Å²) in [6.45, 7) is 3.56. The van der Waals surface area contributed by atoms with E-state index in [2.05, 4.69) is 22.3 Å². The van der Waals surface area contributed by atoms with Crippen LogP contribution in [0.4, 0.5) is 10.5 Å². The number of hydrogen-bond acceptors (Lipinski definition) is 7. The highest BCUT2D eigenvalue weighted by molar-refractivity contribution is 7.29. The Morgan fingerprint density at radius 1 is 1.21 bits per heavy atom. The fraction of sp³-hybridized carbons (Fsp3) is 0.240. The first-order valence-electron chi connectivity index (χ1n) is 10.6. The Morgan fingerprint density at radius 2 is 1.94 bits per heavy atom. The molecule has 1 atom stereocenters. The summed E-state index contributed by atoms with van der Waals surface area (Å²) in [4.78, 5) is 25.5. The molecule has 0 radical (unpaired) electrons. The zero-order valence-electron chi connectivity index (χ0n) is 18.4. The van der Waals surface area contributed by atoms with Gasteiger partial charge in [0.2, 0.25) is 5.76 Å². The molecule has 0 saturated heterocycles. The molecule has 1 fully saturated rings. The number of nitrogens with one attached hydrogen (secondary N) is 1. The zero-order chi connectivity index (χ0) is 23.9. The molecule has 172 valence electrons. The highest BCUT2D eigenvalue weighted by Crippen LogP contribution is 2.46. The van der Waals surface area contributed by atoms with E-state index >= 15 is 0 Å². The fourth-order valence-electron chi connectivity index (χ4n) is 3.48. The normalized spacial score (nSPS) is 14.8. The van der Waals surface area contributed by atoms with Gasteiger partial charge in [-0.3, -0.25) is 10.1 Å². The highest BCUT2D eigenvalue weighted by Gasteiger charge is 2.49. The molecule has 1 aromatic carbocycles. The third kappa shape index (κ3) is 4.30. The largest absolute Gasteiger partial charge is 0.480 e. The van der Waals surface area contributed by atoms with E-state index in [1.54, 1.807) is 6.92 Å². The van der Waals surface area contributed by atoms with E-state index in [4.69, 9.17) is 9.26 Å². The molecule has 1 aliphatic rings. The number of thiophene rings is 2. The summed E-state index contributed by atoms with van der Waals surface area (Å²) in [5.74, 6) is 5.56. The van der Waals surface area contributed by atoms with Crippen LogP contribution in [0, 0.1) is 24.2 Å². The van der Waals surface area contributed by atoms with Crippen molar-refractivity contribution in [3.8, 4) is 22.5 Å². The van der Waals surface area contributed by atoms with Crippen molar-refractivity contribution in [2.45, 2.75) is 32.8 Å². The molecule has 0 aliphatic heterocycles. The van der Waals surface area contributed by atoms with Crippen LogP contribution in [0.15, 0.2) is 47.0 Å². The van der Waals surface area contributed by atoms with Gasteiger partial charge in [-0.1, -0.05) is 47.3 Å². The standard InChI is InChI=1S/C25H20N2O5S2/c1-14-21(26-24(30)31-15(2)16-6-4-3-5-7-16)22(32-27-14)20-13-19-18(34-20)12-17(33-19)8-9-25(10-11-25)23(28)29/h3-7,12-13,15H,10-11H2,1-2H3,(H,26,30)(H,28,29)/t15-/m1/s1. The topological polar surface area (TPSA) is 102 Å². The Bertz CT molecular complexity index is 1420. The first-order chi connectivity index (χ1) is 16.3. The average Bonchev–Trinajstić information content (AvgIpc) is 3.20. The van der Waals surface area contributed by atoms with Crippen molar-refractivity contribution in [3.05, 3.63) is 58.6 Å². The summed E-state index contributed by atoms with van der Waals surface area (Å²) < 4.78 is 13.1. The van der Waals surface area contributed by atoms with E-state index in [-0.39, 0.29) is 0 Å². The predicted octanol–water partition coefficient (Wildman–Crippen LogP) is 6.45. The Morgan fingerprint density at radius 3 is 2.62 bits per heavy atom. The van der Waals surface area contributed by atoms with Crippen LogP contribution in [0.5, 0.6) is 0 Å².